The third-order valence-electron chi connectivity index (χ3n) is 4.48. The predicted molar refractivity (Wildman–Crippen MR) is 91.4 cm³/mol. The van der Waals surface area contributed by atoms with Crippen LogP contribution in [0.5, 0.6) is 5.75 Å². The number of aliphatic hydroxyl groups excluding tert-OH is 1. The molecule has 148 valence electrons. The maximum atomic E-state index is 13.1. The van der Waals surface area contributed by atoms with Crippen molar-refractivity contribution in [2.24, 2.45) is 0 Å². The number of ether oxygens (including phenoxy) is 1. The van der Waals surface area contributed by atoms with E-state index in [9.17, 15) is 26.7 Å². The molecule has 1 aliphatic heterocycles. The molecule has 0 aliphatic carbocycles. The van der Waals surface area contributed by atoms with Crippen LogP contribution in [0.2, 0.25) is 0 Å². The Kier molecular flexibility index (Phi) is 5.66. The van der Waals surface area contributed by atoms with Crippen LogP contribution in [0.15, 0.2) is 18.2 Å². The van der Waals surface area contributed by atoms with Gasteiger partial charge in [-0.1, -0.05) is 13.8 Å². The van der Waals surface area contributed by atoms with Crippen LogP contribution in [0.4, 0.5) is 13.2 Å². The Morgan fingerprint density at radius 2 is 1.88 bits per heavy atom. The van der Waals surface area contributed by atoms with E-state index in [1.54, 1.807) is 27.7 Å². The van der Waals surface area contributed by atoms with E-state index in [0.29, 0.717) is 6.42 Å². The third kappa shape index (κ3) is 3.84. The third-order valence-corrected chi connectivity index (χ3v) is 6.61. The minimum atomic E-state index is -4.59. The fraction of sp³-hybridized carbons (Fsp3) is 0.647. The molecule has 0 saturated heterocycles. The van der Waals surface area contributed by atoms with E-state index in [-0.39, 0.29) is 23.6 Å². The molecule has 0 bridgehead atoms. The summed E-state index contributed by atoms with van der Waals surface area (Å²) in [7, 11) is -3.76. The number of fused-ring (bicyclic) bond motifs is 1. The molecule has 9 heteroatoms. The molecule has 0 unspecified atom stereocenters. The molecule has 5 nitrogen and oxygen atoms in total. The van der Waals surface area contributed by atoms with Crippen molar-refractivity contribution >= 4 is 10.0 Å². The summed E-state index contributed by atoms with van der Waals surface area (Å²) in [5.74, 6) is -0.0111. The number of alkyl halides is 3. The zero-order valence-corrected chi connectivity index (χ0v) is 16.0. The van der Waals surface area contributed by atoms with Gasteiger partial charge in [-0.15, -0.1) is 0 Å². The number of likely N-dealkylation sites (N-methyl/N-ethyl adjacent to an activating group) is 1. The van der Waals surface area contributed by atoms with Gasteiger partial charge in [-0.05, 0) is 38.5 Å². The van der Waals surface area contributed by atoms with Crippen molar-refractivity contribution in [2.75, 3.05) is 12.3 Å². The maximum absolute atomic E-state index is 13.1. The van der Waals surface area contributed by atoms with Gasteiger partial charge in [0.05, 0.1) is 17.4 Å². The molecule has 0 aromatic heterocycles. The molecule has 0 spiro atoms. The van der Waals surface area contributed by atoms with Crippen LogP contribution < -0.4 is 4.74 Å². The van der Waals surface area contributed by atoms with Crippen molar-refractivity contribution < 1.29 is 31.4 Å². The van der Waals surface area contributed by atoms with E-state index in [1.165, 1.54) is 6.07 Å². The molecule has 2 atom stereocenters. The first-order valence-corrected chi connectivity index (χ1v) is 10.0. The van der Waals surface area contributed by atoms with Gasteiger partial charge in [0.15, 0.2) is 0 Å². The lowest BCUT2D eigenvalue weighted by atomic mass is 9.86. The zero-order valence-electron chi connectivity index (χ0n) is 15.2. The van der Waals surface area contributed by atoms with Crippen molar-refractivity contribution in [2.45, 2.75) is 58.0 Å². The Bertz CT molecular complexity index is 762. The highest BCUT2D eigenvalue weighted by molar-refractivity contribution is 7.89. The van der Waals surface area contributed by atoms with E-state index in [0.717, 1.165) is 16.4 Å². The molecule has 0 amide bonds. The first-order valence-electron chi connectivity index (χ1n) is 8.43. The first kappa shape index (κ1) is 21.0. The number of rotatable bonds is 5. The number of sulfonamides is 1. The number of hydrogen-bond acceptors (Lipinski definition) is 4. The Morgan fingerprint density at radius 1 is 1.27 bits per heavy atom. The highest BCUT2D eigenvalue weighted by atomic mass is 32.2. The highest BCUT2D eigenvalue weighted by Crippen LogP contribution is 2.45. The smallest absolute Gasteiger partial charge is 0.416 e. The quantitative estimate of drug-likeness (QED) is 0.830. The van der Waals surface area contributed by atoms with Crippen LogP contribution >= 0.6 is 0 Å². The largest absolute Gasteiger partial charge is 0.485 e. The van der Waals surface area contributed by atoms with Crippen molar-refractivity contribution in [1.82, 2.24) is 4.31 Å². The molecule has 0 radical (unpaired) electrons. The Balaban J connectivity index is 2.67. The van der Waals surface area contributed by atoms with Gasteiger partial charge < -0.3 is 9.84 Å². The summed E-state index contributed by atoms with van der Waals surface area (Å²) in [6.07, 6.45) is -5.56. The molecule has 1 heterocycles. The SMILES string of the molecule is CCCS(=O)(=O)N(CC)[C@H]1c2cc(C(F)(F)F)ccc2OC(C)(C)[C@@H]1O. The standard InChI is InChI=1S/C17H24F3NO4S/c1-5-9-26(23,24)21(6-2)14-12-10-11(17(18,19)20)7-8-13(12)25-16(3,4)15(14)22/h7-8,10,14-15,22H,5-6,9H2,1-4H3/t14-,15+/m0/s1. The molecular formula is C17H24F3NO4S. The summed E-state index contributed by atoms with van der Waals surface area (Å²) in [5, 5.41) is 10.8. The average molecular weight is 395 g/mol. The van der Waals surface area contributed by atoms with Gasteiger partial charge in [-0.3, -0.25) is 0 Å². The second-order valence-corrected chi connectivity index (χ2v) is 8.91. The molecule has 1 aliphatic rings. The minimum Gasteiger partial charge on any atom is -0.485 e. The summed E-state index contributed by atoms with van der Waals surface area (Å²) in [5.41, 5.74) is -2.05. The Labute approximate surface area is 151 Å². The molecule has 2 rings (SSSR count). The van der Waals surface area contributed by atoms with Crippen LogP contribution in [0, 0.1) is 0 Å². The summed E-state index contributed by atoms with van der Waals surface area (Å²) in [4.78, 5) is 0. The number of aliphatic hydroxyl groups is 1. The van der Waals surface area contributed by atoms with E-state index in [1.807, 2.05) is 0 Å². The maximum Gasteiger partial charge on any atom is 0.416 e. The summed E-state index contributed by atoms with van der Waals surface area (Å²) in [6, 6.07) is 1.78. The molecule has 1 aromatic carbocycles. The van der Waals surface area contributed by atoms with Crippen LogP contribution in [0.25, 0.3) is 0 Å². The second-order valence-electron chi connectivity index (χ2n) is 6.86. The molecule has 1 N–H and O–H groups in total. The van der Waals surface area contributed by atoms with Gasteiger partial charge in [-0.25, -0.2) is 8.42 Å². The lowest BCUT2D eigenvalue weighted by Crippen LogP contribution is -2.55. The molecule has 1 aromatic rings. The minimum absolute atomic E-state index is 0.0215. The lowest BCUT2D eigenvalue weighted by molar-refractivity contribution is -0.138. The fourth-order valence-electron chi connectivity index (χ4n) is 3.20. The normalized spacial score (nSPS) is 22.8. The van der Waals surface area contributed by atoms with E-state index < -0.39 is 39.5 Å². The van der Waals surface area contributed by atoms with Crippen molar-refractivity contribution in [3.63, 3.8) is 0 Å². The van der Waals surface area contributed by atoms with Crippen molar-refractivity contribution in [3.05, 3.63) is 29.3 Å². The van der Waals surface area contributed by atoms with E-state index in [4.69, 9.17) is 4.74 Å². The van der Waals surface area contributed by atoms with Gasteiger partial charge >= 0.3 is 6.18 Å². The Morgan fingerprint density at radius 3 is 2.38 bits per heavy atom. The van der Waals surface area contributed by atoms with Gasteiger partial charge in [0.25, 0.3) is 0 Å². The lowest BCUT2D eigenvalue weighted by Gasteiger charge is -2.45. The number of benzene rings is 1. The van der Waals surface area contributed by atoms with Crippen LogP contribution in [0.1, 0.15) is 51.3 Å². The second kappa shape index (κ2) is 7.01. The molecule has 0 saturated carbocycles. The van der Waals surface area contributed by atoms with Gasteiger partial charge in [0.2, 0.25) is 10.0 Å². The van der Waals surface area contributed by atoms with Gasteiger partial charge in [0.1, 0.15) is 17.5 Å². The number of hydrogen-bond donors (Lipinski definition) is 1. The first-order chi connectivity index (χ1) is 11.8. The van der Waals surface area contributed by atoms with Crippen LogP contribution in [0.3, 0.4) is 0 Å². The van der Waals surface area contributed by atoms with Gasteiger partial charge in [0, 0.05) is 12.1 Å². The van der Waals surface area contributed by atoms with Crippen LogP contribution in [-0.2, 0) is 16.2 Å². The van der Waals surface area contributed by atoms with Gasteiger partial charge in [-0.2, -0.15) is 17.5 Å². The highest BCUT2D eigenvalue weighted by Gasteiger charge is 2.48. The number of halogens is 3. The predicted octanol–water partition coefficient (Wildman–Crippen LogP) is 3.34. The molecule has 26 heavy (non-hydrogen) atoms. The van der Waals surface area contributed by atoms with Crippen molar-refractivity contribution in [3.8, 4) is 5.75 Å². The van der Waals surface area contributed by atoms with E-state index in [2.05, 4.69) is 0 Å². The fourth-order valence-corrected chi connectivity index (χ4v) is 4.92. The summed E-state index contributed by atoms with van der Waals surface area (Å²) < 4.78 is 71.5. The summed E-state index contributed by atoms with van der Waals surface area (Å²) in [6.45, 7) is 6.47. The monoisotopic (exact) mass is 395 g/mol. The Hall–Kier alpha value is -1.32. The van der Waals surface area contributed by atoms with E-state index >= 15 is 0 Å². The van der Waals surface area contributed by atoms with Crippen molar-refractivity contribution in [1.29, 1.82) is 0 Å². The topological polar surface area (TPSA) is 66.8 Å². The zero-order chi connectivity index (χ0) is 19.9. The molecule has 0 fully saturated rings. The average Bonchev–Trinajstić information content (AvgIpc) is 2.49. The number of nitrogens with zero attached hydrogens (tertiary/aromatic N) is 1. The summed E-state index contributed by atoms with van der Waals surface area (Å²) >= 11 is 0. The molecular weight excluding hydrogens is 371 g/mol. The van der Waals surface area contributed by atoms with Crippen LogP contribution in [-0.4, -0.2) is 41.8 Å².